The Hall–Kier alpha value is -2.46. The molecule has 1 heterocycles. The van der Waals surface area contributed by atoms with Crippen molar-refractivity contribution in [3.05, 3.63) is 29.8 Å². The van der Waals surface area contributed by atoms with Crippen LogP contribution in [0, 0.1) is 0 Å². The second kappa shape index (κ2) is 8.77. The van der Waals surface area contributed by atoms with Gasteiger partial charge < -0.3 is 15.7 Å². The van der Waals surface area contributed by atoms with E-state index in [9.17, 15) is 22.8 Å². The van der Waals surface area contributed by atoms with Gasteiger partial charge in [0.15, 0.2) is 0 Å². The Kier molecular flexibility index (Phi) is 6.70. The van der Waals surface area contributed by atoms with Crippen LogP contribution in [0.25, 0.3) is 0 Å². The molecular formula is C16H21N3O6S. The third-order valence-electron chi connectivity index (χ3n) is 3.86. The van der Waals surface area contributed by atoms with E-state index in [4.69, 9.17) is 5.11 Å². The lowest BCUT2D eigenvalue weighted by Crippen LogP contribution is -2.49. The third kappa shape index (κ3) is 5.27. The van der Waals surface area contributed by atoms with Crippen molar-refractivity contribution in [2.45, 2.75) is 24.2 Å². The molecule has 10 heteroatoms. The fourth-order valence-electron chi connectivity index (χ4n) is 2.45. The smallest absolute Gasteiger partial charge is 0.303 e. The molecule has 1 saturated heterocycles. The summed E-state index contributed by atoms with van der Waals surface area (Å²) in [5, 5.41) is 13.8. The summed E-state index contributed by atoms with van der Waals surface area (Å²) in [5.74, 6) is -1.58. The number of nitrogens with one attached hydrogen (secondary N) is 2. The summed E-state index contributed by atoms with van der Waals surface area (Å²) in [7, 11) is -3.78. The van der Waals surface area contributed by atoms with E-state index in [1.165, 1.54) is 24.3 Å². The number of nitrogens with zero attached hydrogens (tertiary/aromatic N) is 1. The van der Waals surface area contributed by atoms with Gasteiger partial charge in [-0.25, -0.2) is 8.42 Å². The van der Waals surface area contributed by atoms with Gasteiger partial charge in [-0.2, -0.15) is 4.31 Å². The van der Waals surface area contributed by atoms with Gasteiger partial charge in [0.1, 0.15) is 0 Å². The lowest BCUT2D eigenvalue weighted by atomic mass is 10.2. The number of aliphatic carboxylic acids is 1. The molecule has 0 spiro atoms. The van der Waals surface area contributed by atoms with Crippen LogP contribution in [-0.2, 0) is 19.6 Å². The largest absolute Gasteiger partial charge is 0.481 e. The molecule has 0 unspecified atom stereocenters. The van der Waals surface area contributed by atoms with Gasteiger partial charge in [-0.1, -0.05) is 0 Å². The first kappa shape index (κ1) is 19.9. The zero-order valence-corrected chi connectivity index (χ0v) is 14.9. The molecule has 9 nitrogen and oxygen atoms in total. The Morgan fingerprint density at radius 2 is 1.88 bits per heavy atom. The van der Waals surface area contributed by atoms with Crippen LogP contribution in [0.4, 0.5) is 0 Å². The van der Waals surface area contributed by atoms with Gasteiger partial charge in [-0.3, -0.25) is 14.4 Å². The van der Waals surface area contributed by atoms with Gasteiger partial charge in [0, 0.05) is 31.6 Å². The number of benzene rings is 1. The quantitative estimate of drug-likeness (QED) is 0.532. The highest BCUT2D eigenvalue weighted by Gasteiger charge is 2.29. The number of amides is 2. The molecule has 0 bridgehead atoms. The van der Waals surface area contributed by atoms with Gasteiger partial charge >= 0.3 is 5.97 Å². The number of sulfonamides is 1. The number of rotatable bonds is 8. The molecule has 0 atom stereocenters. The molecule has 2 rings (SSSR count). The molecule has 3 N–H and O–H groups in total. The number of carboxylic acid groups (broad SMARTS) is 1. The average molecular weight is 383 g/mol. The molecule has 0 radical (unpaired) electrons. The molecule has 2 amide bonds. The molecule has 142 valence electrons. The highest BCUT2D eigenvalue weighted by Crippen LogP contribution is 2.17. The summed E-state index contributed by atoms with van der Waals surface area (Å²) in [4.78, 5) is 33.8. The summed E-state index contributed by atoms with van der Waals surface area (Å²) in [6.45, 7) is 0.586. The van der Waals surface area contributed by atoms with Crippen molar-refractivity contribution in [1.29, 1.82) is 0 Å². The van der Waals surface area contributed by atoms with E-state index in [0.29, 0.717) is 24.9 Å². The molecule has 0 aliphatic carbocycles. The highest BCUT2D eigenvalue weighted by atomic mass is 32.2. The van der Waals surface area contributed by atoms with Crippen molar-refractivity contribution >= 4 is 27.8 Å². The number of carbonyl (C=O) groups excluding carboxylic acids is 2. The van der Waals surface area contributed by atoms with Crippen LogP contribution in [0.5, 0.6) is 0 Å². The number of carbonyl (C=O) groups is 3. The standard InChI is InChI=1S/C16H21N3O6S/c20-14-11-19(10-9-17-14)26(24,25)13-6-4-12(5-7-13)16(23)18-8-2-1-3-15(21)22/h4-7H,1-3,8-11H2,(H,17,20)(H,18,23)(H,21,22). The maximum Gasteiger partial charge on any atom is 0.303 e. The number of hydrogen-bond acceptors (Lipinski definition) is 5. The van der Waals surface area contributed by atoms with E-state index in [0.717, 1.165) is 4.31 Å². The Balaban J connectivity index is 1.93. The third-order valence-corrected chi connectivity index (χ3v) is 5.72. The molecule has 0 aromatic heterocycles. The van der Waals surface area contributed by atoms with Crippen molar-refractivity contribution in [1.82, 2.24) is 14.9 Å². The molecule has 0 saturated carbocycles. The SMILES string of the molecule is O=C(O)CCCCNC(=O)c1ccc(S(=O)(=O)N2CCNC(=O)C2)cc1. The normalized spacial score (nSPS) is 15.3. The van der Waals surface area contributed by atoms with Crippen LogP contribution >= 0.6 is 0 Å². The van der Waals surface area contributed by atoms with E-state index in [-0.39, 0.29) is 42.8 Å². The van der Waals surface area contributed by atoms with E-state index in [1.807, 2.05) is 0 Å². The van der Waals surface area contributed by atoms with Gasteiger partial charge in [-0.15, -0.1) is 0 Å². The van der Waals surface area contributed by atoms with E-state index in [2.05, 4.69) is 10.6 Å². The van der Waals surface area contributed by atoms with Crippen molar-refractivity contribution in [3.63, 3.8) is 0 Å². The first-order valence-corrected chi connectivity index (χ1v) is 9.61. The summed E-state index contributed by atoms with van der Waals surface area (Å²) in [6.07, 6.45) is 1.06. The molecule has 1 aliphatic rings. The van der Waals surface area contributed by atoms with Crippen molar-refractivity contribution in [2.75, 3.05) is 26.2 Å². The molecule has 26 heavy (non-hydrogen) atoms. The van der Waals surface area contributed by atoms with E-state index in [1.54, 1.807) is 0 Å². The maximum atomic E-state index is 12.5. The van der Waals surface area contributed by atoms with Gasteiger partial charge in [-0.05, 0) is 37.1 Å². The molecule has 1 fully saturated rings. The first-order valence-electron chi connectivity index (χ1n) is 8.17. The van der Waals surface area contributed by atoms with Crippen LogP contribution in [0.15, 0.2) is 29.2 Å². The van der Waals surface area contributed by atoms with Gasteiger partial charge in [0.25, 0.3) is 5.91 Å². The minimum atomic E-state index is -3.78. The number of unbranched alkanes of at least 4 members (excludes halogenated alkanes) is 1. The number of hydrogen-bond donors (Lipinski definition) is 3. The Bertz CT molecular complexity index is 776. The van der Waals surface area contributed by atoms with Gasteiger partial charge in [0.2, 0.25) is 15.9 Å². The summed E-state index contributed by atoms with van der Waals surface area (Å²) < 4.78 is 26.1. The topological polar surface area (TPSA) is 133 Å². The van der Waals surface area contributed by atoms with Crippen LogP contribution in [0.1, 0.15) is 29.6 Å². The lowest BCUT2D eigenvalue weighted by Gasteiger charge is -2.25. The summed E-state index contributed by atoms with van der Waals surface area (Å²) >= 11 is 0. The highest BCUT2D eigenvalue weighted by molar-refractivity contribution is 7.89. The van der Waals surface area contributed by atoms with Gasteiger partial charge in [0.05, 0.1) is 11.4 Å². The minimum absolute atomic E-state index is 0.0187. The Labute approximate surface area is 151 Å². The van der Waals surface area contributed by atoms with Crippen LogP contribution < -0.4 is 10.6 Å². The zero-order chi connectivity index (χ0) is 19.2. The van der Waals surface area contributed by atoms with Crippen molar-refractivity contribution in [3.8, 4) is 0 Å². The number of piperazine rings is 1. The molecule has 1 aromatic rings. The van der Waals surface area contributed by atoms with Crippen molar-refractivity contribution < 1.29 is 27.9 Å². The molecule has 1 aliphatic heterocycles. The zero-order valence-electron chi connectivity index (χ0n) is 14.1. The predicted octanol–water partition coefficient (Wildman–Crippen LogP) is -0.208. The predicted molar refractivity (Wildman–Crippen MR) is 92.0 cm³/mol. The number of carboxylic acids is 1. The van der Waals surface area contributed by atoms with Crippen molar-refractivity contribution in [2.24, 2.45) is 0 Å². The fraction of sp³-hybridized carbons (Fsp3) is 0.438. The average Bonchev–Trinajstić information content (AvgIpc) is 2.61. The van der Waals surface area contributed by atoms with Crippen LogP contribution in [0.3, 0.4) is 0 Å². The maximum absolute atomic E-state index is 12.5. The van der Waals surface area contributed by atoms with Crippen LogP contribution in [0.2, 0.25) is 0 Å². The summed E-state index contributed by atoms with van der Waals surface area (Å²) in [5.41, 5.74) is 0.304. The monoisotopic (exact) mass is 383 g/mol. The molecule has 1 aromatic carbocycles. The van der Waals surface area contributed by atoms with E-state index >= 15 is 0 Å². The van der Waals surface area contributed by atoms with E-state index < -0.39 is 16.0 Å². The molecular weight excluding hydrogens is 362 g/mol. The van der Waals surface area contributed by atoms with Crippen LogP contribution in [-0.4, -0.2) is 61.8 Å². The Morgan fingerprint density at radius 1 is 1.19 bits per heavy atom. The lowest BCUT2D eigenvalue weighted by molar-refractivity contribution is -0.137. The summed E-state index contributed by atoms with van der Waals surface area (Å²) in [6, 6.07) is 5.48. The Morgan fingerprint density at radius 3 is 2.50 bits per heavy atom. The minimum Gasteiger partial charge on any atom is -0.481 e. The second-order valence-corrected chi connectivity index (χ2v) is 7.76. The fourth-order valence-corrected chi connectivity index (χ4v) is 3.85. The second-order valence-electron chi connectivity index (χ2n) is 5.82. The first-order chi connectivity index (χ1) is 12.3.